The molecule has 0 atom stereocenters. The second-order valence-corrected chi connectivity index (χ2v) is 4.14. The van der Waals surface area contributed by atoms with Gasteiger partial charge in [-0.25, -0.2) is 5.06 Å². The molecule has 0 bridgehead atoms. The van der Waals surface area contributed by atoms with Crippen LogP contribution in [0.1, 0.15) is 24.0 Å². The number of benzene rings is 1. The Hall–Kier alpha value is -1.35. The molecule has 16 heavy (non-hydrogen) atoms. The quantitative estimate of drug-likeness (QED) is 0.762. The summed E-state index contributed by atoms with van der Waals surface area (Å²) in [4.78, 5) is 17.3. The minimum absolute atomic E-state index is 0.0639. The number of rotatable bonds is 2. The van der Waals surface area contributed by atoms with E-state index in [1.54, 1.807) is 0 Å². The van der Waals surface area contributed by atoms with Crippen molar-refractivity contribution in [3.63, 3.8) is 0 Å². The average molecular weight is 219 g/mol. The van der Waals surface area contributed by atoms with Crippen LogP contribution in [0.5, 0.6) is 0 Å². The third-order valence-corrected chi connectivity index (χ3v) is 2.88. The van der Waals surface area contributed by atoms with E-state index in [0.29, 0.717) is 13.0 Å². The number of carbonyl (C=O) groups is 1. The molecule has 1 amide bonds. The van der Waals surface area contributed by atoms with E-state index in [1.165, 1.54) is 5.06 Å². The molecular weight excluding hydrogens is 202 g/mol. The Morgan fingerprint density at radius 1 is 1.38 bits per heavy atom. The molecule has 0 unspecified atom stereocenters. The lowest BCUT2D eigenvalue weighted by molar-refractivity contribution is -0.196. The molecule has 1 heterocycles. The Labute approximate surface area is 96.0 Å². The van der Waals surface area contributed by atoms with Gasteiger partial charge < -0.3 is 0 Å². The number of carbonyl (C=O) groups excluding carboxylic acids is 1. The van der Waals surface area contributed by atoms with Gasteiger partial charge in [-0.05, 0) is 30.9 Å². The van der Waals surface area contributed by atoms with Crippen LogP contribution in [0.3, 0.4) is 0 Å². The lowest BCUT2D eigenvalue weighted by Gasteiger charge is -2.26. The molecular formula is C13H17NO2. The zero-order chi connectivity index (χ0) is 11.4. The minimum Gasteiger partial charge on any atom is -0.272 e. The van der Waals surface area contributed by atoms with Crippen molar-refractivity contribution in [1.82, 2.24) is 5.06 Å². The second kappa shape index (κ2) is 5.12. The van der Waals surface area contributed by atoms with Gasteiger partial charge in [-0.2, -0.15) is 0 Å². The van der Waals surface area contributed by atoms with Gasteiger partial charge in [0.15, 0.2) is 0 Å². The number of hydrogen-bond donors (Lipinski definition) is 0. The molecule has 3 heteroatoms. The van der Waals surface area contributed by atoms with Crippen molar-refractivity contribution in [2.75, 3.05) is 13.2 Å². The zero-order valence-corrected chi connectivity index (χ0v) is 9.61. The first-order valence-electron chi connectivity index (χ1n) is 5.75. The monoisotopic (exact) mass is 219 g/mol. The normalized spacial score (nSPS) is 16.2. The molecule has 1 aliphatic heterocycles. The molecule has 0 radical (unpaired) electrons. The second-order valence-electron chi connectivity index (χ2n) is 4.14. The predicted molar refractivity (Wildman–Crippen MR) is 61.8 cm³/mol. The van der Waals surface area contributed by atoms with E-state index in [2.05, 4.69) is 0 Å². The van der Waals surface area contributed by atoms with E-state index < -0.39 is 0 Å². The van der Waals surface area contributed by atoms with Gasteiger partial charge in [0, 0.05) is 6.54 Å². The van der Waals surface area contributed by atoms with Crippen molar-refractivity contribution in [3.8, 4) is 0 Å². The van der Waals surface area contributed by atoms with Gasteiger partial charge in [-0.15, -0.1) is 0 Å². The number of hydrogen-bond acceptors (Lipinski definition) is 2. The molecule has 1 saturated heterocycles. The maximum atomic E-state index is 11.9. The van der Waals surface area contributed by atoms with Crippen LogP contribution in [-0.4, -0.2) is 24.1 Å². The highest BCUT2D eigenvalue weighted by Crippen LogP contribution is 2.12. The molecule has 0 N–H and O–H groups in total. The van der Waals surface area contributed by atoms with Crippen molar-refractivity contribution in [1.29, 1.82) is 0 Å². The van der Waals surface area contributed by atoms with Crippen molar-refractivity contribution < 1.29 is 9.63 Å². The standard InChI is InChI=1S/C13H17NO2/c1-11-6-2-3-7-12(11)10-13(15)14-8-4-5-9-16-14/h2-3,6-7H,4-5,8-10H2,1H3. The van der Waals surface area contributed by atoms with Crippen LogP contribution in [0, 0.1) is 6.92 Å². The van der Waals surface area contributed by atoms with Gasteiger partial charge in [-0.1, -0.05) is 24.3 Å². The van der Waals surface area contributed by atoms with Crippen molar-refractivity contribution in [2.24, 2.45) is 0 Å². The van der Waals surface area contributed by atoms with Crippen LogP contribution in [-0.2, 0) is 16.1 Å². The van der Waals surface area contributed by atoms with Crippen molar-refractivity contribution >= 4 is 5.91 Å². The number of amides is 1. The number of aryl methyl sites for hydroxylation is 1. The summed E-state index contributed by atoms with van der Waals surface area (Å²) in [6, 6.07) is 7.98. The fraction of sp³-hybridized carbons (Fsp3) is 0.462. The molecule has 0 aliphatic carbocycles. The third-order valence-electron chi connectivity index (χ3n) is 2.88. The average Bonchev–Trinajstić information content (AvgIpc) is 2.33. The Kier molecular flexibility index (Phi) is 3.57. The summed E-state index contributed by atoms with van der Waals surface area (Å²) < 4.78 is 0. The first kappa shape index (κ1) is 11.1. The van der Waals surface area contributed by atoms with Crippen LogP contribution in [0.2, 0.25) is 0 Å². The summed E-state index contributed by atoms with van der Waals surface area (Å²) in [6.07, 6.45) is 2.53. The fourth-order valence-corrected chi connectivity index (χ4v) is 1.85. The summed E-state index contributed by atoms with van der Waals surface area (Å²) in [5.41, 5.74) is 2.24. The lowest BCUT2D eigenvalue weighted by Crippen LogP contribution is -2.36. The molecule has 3 nitrogen and oxygen atoms in total. The van der Waals surface area contributed by atoms with Gasteiger partial charge in [0.25, 0.3) is 5.91 Å². The summed E-state index contributed by atoms with van der Waals surface area (Å²) in [6.45, 7) is 3.42. The van der Waals surface area contributed by atoms with E-state index in [0.717, 1.165) is 30.5 Å². The first-order valence-corrected chi connectivity index (χ1v) is 5.75. The minimum atomic E-state index is 0.0639. The highest BCUT2D eigenvalue weighted by molar-refractivity contribution is 5.78. The van der Waals surface area contributed by atoms with Crippen LogP contribution in [0.25, 0.3) is 0 Å². The summed E-state index contributed by atoms with van der Waals surface area (Å²) in [7, 11) is 0. The number of nitrogens with zero attached hydrogens (tertiary/aromatic N) is 1. The van der Waals surface area contributed by atoms with Crippen molar-refractivity contribution in [3.05, 3.63) is 35.4 Å². The lowest BCUT2D eigenvalue weighted by atomic mass is 10.1. The van der Waals surface area contributed by atoms with E-state index in [-0.39, 0.29) is 5.91 Å². The molecule has 0 aromatic heterocycles. The Morgan fingerprint density at radius 3 is 2.88 bits per heavy atom. The highest BCUT2D eigenvalue weighted by atomic mass is 16.7. The molecule has 1 aromatic rings. The Balaban J connectivity index is 1.99. The molecule has 1 aliphatic rings. The van der Waals surface area contributed by atoms with E-state index >= 15 is 0 Å². The zero-order valence-electron chi connectivity index (χ0n) is 9.61. The first-order chi connectivity index (χ1) is 7.77. The van der Waals surface area contributed by atoms with Gasteiger partial charge >= 0.3 is 0 Å². The maximum absolute atomic E-state index is 11.9. The predicted octanol–water partition coefficient (Wildman–Crippen LogP) is 2.09. The van der Waals surface area contributed by atoms with Gasteiger partial charge in [0.05, 0.1) is 13.0 Å². The molecule has 86 valence electrons. The van der Waals surface area contributed by atoms with Gasteiger partial charge in [0.1, 0.15) is 0 Å². The van der Waals surface area contributed by atoms with E-state index in [4.69, 9.17) is 4.84 Å². The van der Waals surface area contributed by atoms with Crippen LogP contribution < -0.4 is 0 Å². The fourth-order valence-electron chi connectivity index (χ4n) is 1.85. The van der Waals surface area contributed by atoms with Crippen LogP contribution >= 0.6 is 0 Å². The summed E-state index contributed by atoms with van der Waals surface area (Å²) in [5.74, 6) is 0.0639. The van der Waals surface area contributed by atoms with Crippen molar-refractivity contribution in [2.45, 2.75) is 26.2 Å². The molecule has 1 aromatic carbocycles. The molecule has 0 saturated carbocycles. The van der Waals surface area contributed by atoms with E-state index in [9.17, 15) is 4.79 Å². The van der Waals surface area contributed by atoms with Gasteiger partial charge in [0.2, 0.25) is 0 Å². The number of hydroxylamine groups is 2. The summed E-state index contributed by atoms with van der Waals surface area (Å²) >= 11 is 0. The topological polar surface area (TPSA) is 29.5 Å². The highest BCUT2D eigenvalue weighted by Gasteiger charge is 2.18. The molecule has 0 spiro atoms. The molecule has 2 rings (SSSR count). The molecule has 1 fully saturated rings. The van der Waals surface area contributed by atoms with Crippen LogP contribution in [0.4, 0.5) is 0 Å². The maximum Gasteiger partial charge on any atom is 0.250 e. The Morgan fingerprint density at radius 2 is 2.19 bits per heavy atom. The van der Waals surface area contributed by atoms with Crippen LogP contribution in [0.15, 0.2) is 24.3 Å². The SMILES string of the molecule is Cc1ccccc1CC(=O)N1CCCCO1. The van der Waals surface area contributed by atoms with E-state index in [1.807, 2.05) is 31.2 Å². The largest absolute Gasteiger partial charge is 0.272 e. The van der Waals surface area contributed by atoms with Gasteiger partial charge in [-0.3, -0.25) is 9.63 Å². The third kappa shape index (κ3) is 2.61. The smallest absolute Gasteiger partial charge is 0.250 e. The summed E-state index contributed by atoms with van der Waals surface area (Å²) in [5, 5.41) is 1.51. The Bertz CT molecular complexity index is 370.